The van der Waals surface area contributed by atoms with E-state index in [1.165, 1.54) is 0 Å². The second-order valence-electron chi connectivity index (χ2n) is 4.90. The summed E-state index contributed by atoms with van der Waals surface area (Å²) in [5.74, 6) is 0.992. The number of nitrogens with one attached hydrogen (secondary N) is 1. The highest BCUT2D eigenvalue weighted by Crippen LogP contribution is 2.28. The predicted octanol–water partition coefficient (Wildman–Crippen LogP) is 3.02. The lowest BCUT2D eigenvalue weighted by molar-refractivity contribution is -0.120. The highest BCUT2D eigenvalue weighted by molar-refractivity contribution is 9.10. The van der Waals surface area contributed by atoms with Gasteiger partial charge in [0.15, 0.2) is 0 Å². The molecule has 0 spiro atoms. The van der Waals surface area contributed by atoms with Crippen molar-refractivity contribution >= 4 is 27.5 Å². The fourth-order valence-corrected chi connectivity index (χ4v) is 2.41. The third-order valence-electron chi connectivity index (χ3n) is 2.83. The van der Waals surface area contributed by atoms with Crippen molar-refractivity contribution in [3.05, 3.63) is 22.7 Å². The molecule has 0 aliphatic rings. The van der Waals surface area contributed by atoms with Crippen LogP contribution in [0.2, 0.25) is 0 Å². The number of anilines is 1. The van der Waals surface area contributed by atoms with Gasteiger partial charge < -0.3 is 15.8 Å². The molecule has 4 nitrogen and oxygen atoms in total. The first-order valence-corrected chi connectivity index (χ1v) is 7.11. The number of rotatable bonds is 6. The van der Waals surface area contributed by atoms with Crippen LogP contribution in [0.4, 0.5) is 5.69 Å². The van der Waals surface area contributed by atoms with Crippen molar-refractivity contribution in [2.24, 2.45) is 17.6 Å². The van der Waals surface area contributed by atoms with E-state index in [2.05, 4.69) is 35.1 Å². The number of hydrogen-bond donors (Lipinski definition) is 2. The normalized spacial score (nSPS) is 12.3. The molecule has 1 rings (SSSR count). The molecule has 0 heterocycles. The zero-order valence-electron chi connectivity index (χ0n) is 11.6. The summed E-state index contributed by atoms with van der Waals surface area (Å²) in [6, 6.07) is 5.43. The van der Waals surface area contributed by atoms with Crippen molar-refractivity contribution < 1.29 is 9.53 Å². The standard InChI is InChI=1S/C14H21BrN2O2/c1-9(2)6-10(8-16)14(18)17-11-4-5-13(19-3)12(15)7-11/h4-5,7,9-10H,6,8,16H2,1-3H3,(H,17,18). The zero-order valence-corrected chi connectivity index (χ0v) is 13.2. The average molecular weight is 329 g/mol. The SMILES string of the molecule is COc1ccc(NC(=O)C(CN)CC(C)C)cc1Br. The first kappa shape index (κ1) is 16.0. The topological polar surface area (TPSA) is 64.3 Å². The first-order valence-electron chi connectivity index (χ1n) is 6.32. The van der Waals surface area contributed by atoms with Crippen LogP contribution in [0.15, 0.2) is 22.7 Å². The van der Waals surface area contributed by atoms with Crippen LogP contribution in [0, 0.1) is 11.8 Å². The average Bonchev–Trinajstić information content (AvgIpc) is 2.35. The Kier molecular flexibility index (Phi) is 6.31. The molecule has 1 unspecified atom stereocenters. The van der Waals surface area contributed by atoms with Crippen LogP contribution in [0.25, 0.3) is 0 Å². The van der Waals surface area contributed by atoms with Crippen LogP contribution in [-0.2, 0) is 4.79 Å². The molecule has 5 heteroatoms. The van der Waals surface area contributed by atoms with E-state index in [1.807, 2.05) is 12.1 Å². The molecule has 0 bridgehead atoms. The number of carbonyl (C=O) groups is 1. The van der Waals surface area contributed by atoms with E-state index in [1.54, 1.807) is 13.2 Å². The van der Waals surface area contributed by atoms with Crippen LogP contribution in [0.3, 0.4) is 0 Å². The molecule has 1 amide bonds. The van der Waals surface area contributed by atoms with Gasteiger partial charge in [-0.1, -0.05) is 13.8 Å². The second kappa shape index (κ2) is 7.50. The van der Waals surface area contributed by atoms with Gasteiger partial charge in [0.25, 0.3) is 0 Å². The maximum atomic E-state index is 12.1. The van der Waals surface area contributed by atoms with Crippen molar-refractivity contribution in [3.8, 4) is 5.75 Å². The third kappa shape index (κ3) is 4.84. The zero-order chi connectivity index (χ0) is 14.4. The van der Waals surface area contributed by atoms with Crippen LogP contribution < -0.4 is 15.8 Å². The Hall–Kier alpha value is -1.07. The molecule has 1 aromatic rings. The molecule has 1 aromatic carbocycles. The van der Waals surface area contributed by atoms with Gasteiger partial charge in [0, 0.05) is 12.2 Å². The number of amides is 1. The minimum absolute atomic E-state index is 0.0340. The van der Waals surface area contributed by atoms with Crippen molar-refractivity contribution in [1.29, 1.82) is 0 Å². The molecule has 0 radical (unpaired) electrons. The molecule has 0 saturated carbocycles. The van der Waals surface area contributed by atoms with Crippen LogP contribution >= 0.6 is 15.9 Å². The molecular formula is C14H21BrN2O2. The Morgan fingerprint density at radius 3 is 2.63 bits per heavy atom. The maximum absolute atomic E-state index is 12.1. The van der Waals surface area contributed by atoms with Gasteiger partial charge >= 0.3 is 0 Å². The van der Waals surface area contributed by atoms with E-state index in [-0.39, 0.29) is 11.8 Å². The number of halogens is 1. The van der Waals surface area contributed by atoms with Crippen molar-refractivity contribution in [2.75, 3.05) is 19.0 Å². The Morgan fingerprint density at radius 2 is 2.16 bits per heavy atom. The summed E-state index contributed by atoms with van der Waals surface area (Å²) in [7, 11) is 1.60. The van der Waals surface area contributed by atoms with E-state index < -0.39 is 0 Å². The van der Waals surface area contributed by atoms with E-state index in [0.29, 0.717) is 12.5 Å². The predicted molar refractivity (Wildman–Crippen MR) is 81.3 cm³/mol. The van der Waals surface area contributed by atoms with Gasteiger partial charge in [-0.3, -0.25) is 4.79 Å². The quantitative estimate of drug-likeness (QED) is 0.843. The first-order chi connectivity index (χ1) is 8.97. The van der Waals surface area contributed by atoms with Crippen LogP contribution in [0.5, 0.6) is 5.75 Å². The number of hydrogen-bond acceptors (Lipinski definition) is 3. The molecule has 0 fully saturated rings. The Bertz CT molecular complexity index is 435. The minimum Gasteiger partial charge on any atom is -0.496 e. The Balaban J connectivity index is 2.72. The van der Waals surface area contributed by atoms with Crippen LogP contribution in [-0.4, -0.2) is 19.6 Å². The van der Waals surface area contributed by atoms with Gasteiger partial charge in [-0.15, -0.1) is 0 Å². The van der Waals surface area contributed by atoms with Gasteiger partial charge in [-0.2, -0.15) is 0 Å². The summed E-state index contributed by atoms with van der Waals surface area (Å²) in [5, 5.41) is 2.89. The maximum Gasteiger partial charge on any atom is 0.228 e. The molecule has 19 heavy (non-hydrogen) atoms. The number of benzene rings is 1. The fraction of sp³-hybridized carbons (Fsp3) is 0.500. The van der Waals surface area contributed by atoms with E-state index in [9.17, 15) is 4.79 Å². The third-order valence-corrected chi connectivity index (χ3v) is 3.45. The van der Waals surface area contributed by atoms with Gasteiger partial charge in [0.2, 0.25) is 5.91 Å². The molecule has 0 saturated heterocycles. The lowest BCUT2D eigenvalue weighted by atomic mass is 9.96. The van der Waals surface area contributed by atoms with Crippen molar-refractivity contribution in [1.82, 2.24) is 0 Å². The smallest absolute Gasteiger partial charge is 0.228 e. The second-order valence-corrected chi connectivity index (χ2v) is 5.76. The molecule has 0 aliphatic carbocycles. The molecule has 3 N–H and O–H groups in total. The lowest BCUT2D eigenvalue weighted by Crippen LogP contribution is -2.30. The number of nitrogens with two attached hydrogens (primary N) is 1. The summed E-state index contributed by atoms with van der Waals surface area (Å²) in [6.07, 6.45) is 0.791. The van der Waals surface area contributed by atoms with Gasteiger partial charge in [0.1, 0.15) is 5.75 Å². The Labute approximate surface area is 122 Å². The summed E-state index contributed by atoms with van der Waals surface area (Å²) >= 11 is 3.39. The van der Waals surface area contributed by atoms with Crippen molar-refractivity contribution in [3.63, 3.8) is 0 Å². The molecule has 0 aliphatic heterocycles. The number of ether oxygens (including phenoxy) is 1. The summed E-state index contributed by atoms with van der Waals surface area (Å²) in [4.78, 5) is 12.1. The lowest BCUT2D eigenvalue weighted by Gasteiger charge is -2.17. The van der Waals surface area contributed by atoms with Crippen LogP contribution in [0.1, 0.15) is 20.3 Å². The molecule has 1 atom stereocenters. The van der Waals surface area contributed by atoms with Gasteiger partial charge in [-0.25, -0.2) is 0 Å². The Morgan fingerprint density at radius 1 is 1.47 bits per heavy atom. The number of methoxy groups -OCH3 is 1. The van der Waals surface area contributed by atoms with E-state index in [0.717, 1.165) is 22.3 Å². The van der Waals surface area contributed by atoms with Gasteiger partial charge in [0.05, 0.1) is 17.5 Å². The van der Waals surface area contributed by atoms with E-state index in [4.69, 9.17) is 10.5 Å². The molecular weight excluding hydrogens is 308 g/mol. The number of carbonyl (C=O) groups excluding carboxylic acids is 1. The van der Waals surface area contributed by atoms with E-state index >= 15 is 0 Å². The summed E-state index contributed by atoms with van der Waals surface area (Å²) < 4.78 is 5.95. The molecule has 106 valence electrons. The molecule has 0 aromatic heterocycles. The minimum atomic E-state index is -0.152. The fourth-order valence-electron chi connectivity index (χ4n) is 1.87. The highest BCUT2D eigenvalue weighted by Gasteiger charge is 2.18. The van der Waals surface area contributed by atoms with Crippen molar-refractivity contribution in [2.45, 2.75) is 20.3 Å². The summed E-state index contributed by atoms with van der Waals surface area (Å²) in [5.41, 5.74) is 6.40. The summed E-state index contributed by atoms with van der Waals surface area (Å²) in [6.45, 7) is 4.53. The van der Waals surface area contributed by atoms with Gasteiger partial charge in [-0.05, 0) is 46.5 Å². The highest BCUT2D eigenvalue weighted by atomic mass is 79.9. The largest absolute Gasteiger partial charge is 0.496 e. The monoisotopic (exact) mass is 328 g/mol.